The molecular weight excluding hydrogens is 195 g/mol. The molecule has 6 heteroatoms. The predicted molar refractivity (Wildman–Crippen MR) is 41.7 cm³/mol. The summed E-state index contributed by atoms with van der Waals surface area (Å²) in [5.41, 5.74) is 0. The maximum Gasteiger partial charge on any atom is 1.00 e. The number of rotatable bonds is 4. The summed E-state index contributed by atoms with van der Waals surface area (Å²) in [6, 6.07) is 0. The molecule has 0 saturated carbocycles. The average molecular weight is 206 g/mol. The van der Waals surface area contributed by atoms with E-state index in [0.29, 0.717) is 12.8 Å². The van der Waals surface area contributed by atoms with Crippen LogP contribution < -0.4 is 29.6 Å². The molecule has 0 bridgehead atoms. The molecule has 0 fully saturated rings. The van der Waals surface area contributed by atoms with E-state index in [1.54, 1.807) is 0 Å². The van der Waals surface area contributed by atoms with Crippen LogP contribution in [-0.2, 0) is 24.4 Å². The van der Waals surface area contributed by atoms with Crippen LogP contribution in [0.25, 0.3) is 0 Å². The summed E-state index contributed by atoms with van der Waals surface area (Å²) in [6.45, 7) is 3.71. The zero-order valence-corrected chi connectivity index (χ0v) is 10.7. The van der Waals surface area contributed by atoms with Gasteiger partial charge in [-0.25, -0.2) is 4.21 Å². The van der Waals surface area contributed by atoms with E-state index in [0.717, 1.165) is 0 Å². The van der Waals surface area contributed by atoms with E-state index in [1.807, 2.05) is 13.8 Å². The fraction of sp³-hybridized carbons (Fsp3) is 1.00. The Hall–Kier alpha value is 1.29. The van der Waals surface area contributed by atoms with Gasteiger partial charge in [0.05, 0.1) is 15.2 Å². The van der Waals surface area contributed by atoms with Gasteiger partial charge in [-0.3, -0.25) is 4.18 Å². The molecule has 0 aliphatic carbocycles. The summed E-state index contributed by atoms with van der Waals surface area (Å²) in [5.74, 6) is 0. The molecule has 0 aliphatic rings. The molecule has 0 aliphatic heterocycles. The Morgan fingerprint density at radius 1 is 1.55 bits per heavy atom. The summed E-state index contributed by atoms with van der Waals surface area (Å²) in [5, 5.41) is 0. The summed E-state index contributed by atoms with van der Waals surface area (Å²) in [7, 11) is -3.66. The van der Waals surface area contributed by atoms with Crippen molar-refractivity contribution in [3.8, 4) is 0 Å². The minimum atomic E-state index is -3.66. The Kier molecular flexibility index (Phi) is 9.10. The third-order valence-corrected chi connectivity index (χ3v) is 1.91. The molecule has 1 atom stereocenters. The van der Waals surface area contributed by atoms with Gasteiger partial charge in [0.25, 0.3) is 0 Å². The SMILES string of the molecule is CCC(CC)OS(=O)([O-])=S.[Na+]. The normalized spacial score (nSPS) is 15.6. The van der Waals surface area contributed by atoms with Crippen LogP contribution in [0.1, 0.15) is 26.7 Å². The van der Waals surface area contributed by atoms with Gasteiger partial charge in [0, 0.05) is 0 Å². The van der Waals surface area contributed by atoms with Crippen LogP contribution in [0.3, 0.4) is 0 Å². The Bertz CT molecular complexity index is 174. The zero-order chi connectivity index (χ0) is 8.20. The van der Waals surface area contributed by atoms with Gasteiger partial charge in [0.15, 0.2) is 0 Å². The monoisotopic (exact) mass is 206 g/mol. The zero-order valence-electron chi connectivity index (χ0n) is 7.03. The van der Waals surface area contributed by atoms with Gasteiger partial charge in [-0.1, -0.05) is 13.8 Å². The molecule has 0 rings (SSSR count). The molecule has 0 amide bonds. The van der Waals surface area contributed by atoms with E-state index < -0.39 is 9.05 Å². The van der Waals surface area contributed by atoms with Crippen molar-refractivity contribution < 1.29 is 42.5 Å². The first kappa shape index (κ1) is 14.8. The standard InChI is InChI=1S/C5H12O3S2.Na/c1-3-5(4-2)8-10(6,7)9;/h5H,3-4H2,1-2H3,(H,6,7,9);/q;+1/p-1. The van der Waals surface area contributed by atoms with Gasteiger partial charge in [-0.15, -0.1) is 0 Å². The van der Waals surface area contributed by atoms with E-state index >= 15 is 0 Å². The fourth-order valence-corrected chi connectivity index (χ4v) is 1.53. The molecule has 62 valence electrons. The molecule has 0 aromatic rings. The third kappa shape index (κ3) is 9.20. The smallest absolute Gasteiger partial charge is 0.748 e. The number of hydrogen-bond donors (Lipinski definition) is 0. The van der Waals surface area contributed by atoms with Crippen LogP contribution in [0.4, 0.5) is 0 Å². The molecule has 0 radical (unpaired) electrons. The second-order valence-corrected chi connectivity index (χ2v) is 4.18. The summed E-state index contributed by atoms with van der Waals surface area (Å²) in [6.07, 6.45) is 1.10. The van der Waals surface area contributed by atoms with Crippen molar-refractivity contribution in [3.63, 3.8) is 0 Å². The quantitative estimate of drug-likeness (QED) is 0.499. The van der Waals surface area contributed by atoms with Crippen LogP contribution in [0.5, 0.6) is 0 Å². The molecule has 0 heterocycles. The fourth-order valence-electron chi connectivity index (χ4n) is 0.591. The van der Waals surface area contributed by atoms with Crippen molar-refractivity contribution >= 4 is 20.2 Å². The molecule has 0 N–H and O–H groups in total. The van der Waals surface area contributed by atoms with Crippen molar-refractivity contribution in [1.82, 2.24) is 0 Å². The summed E-state index contributed by atoms with van der Waals surface area (Å²) >= 11 is 4.04. The third-order valence-electron chi connectivity index (χ3n) is 1.16. The molecule has 11 heavy (non-hydrogen) atoms. The van der Waals surface area contributed by atoms with E-state index in [9.17, 15) is 8.76 Å². The predicted octanol–water partition coefficient (Wildman–Crippen LogP) is -2.01. The minimum absolute atomic E-state index is 0. The maximum absolute atomic E-state index is 10.4. The van der Waals surface area contributed by atoms with Crippen molar-refractivity contribution in [2.45, 2.75) is 32.8 Å². The van der Waals surface area contributed by atoms with E-state index in [1.165, 1.54) is 0 Å². The Labute approximate surface area is 94.9 Å². The first-order chi connectivity index (χ1) is 4.49. The van der Waals surface area contributed by atoms with Crippen LogP contribution in [0.15, 0.2) is 0 Å². The van der Waals surface area contributed by atoms with Crippen molar-refractivity contribution in [1.29, 1.82) is 0 Å². The van der Waals surface area contributed by atoms with Gasteiger partial charge < -0.3 is 4.55 Å². The first-order valence-electron chi connectivity index (χ1n) is 3.13. The van der Waals surface area contributed by atoms with E-state index in [-0.39, 0.29) is 35.7 Å². The van der Waals surface area contributed by atoms with Gasteiger partial charge in [0.2, 0.25) is 0 Å². The van der Waals surface area contributed by atoms with Crippen molar-refractivity contribution in [2.75, 3.05) is 0 Å². The molecule has 0 saturated heterocycles. The van der Waals surface area contributed by atoms with Crippen LogP contribution in [0.2, 0.25) is 0 Å². The second-order valence-electron chi connectivity index (χ2n) is 1.94. The van der Waals surface area contributed by atoms with Crippen LogP contribution >= 0.6 is 0 Å². The molecule has 0 aromatic carbocycles. The van der Waals surface area contributed by atoms with Gasteiger partial charge >= 0.3 is 29.6 Å². The molecule has 0 aromatic heterocycles. The van der Waals surface area contributed by atoms with Gasteiger partial charge in [-0.05, 0) is 24.0 Å². The van der Waals surface area contributed by atoms with E-state index in [2.05, 4.69) is 15.4 Å². The molecule has 1 unspecified atom stereocenters. The van der Waals surface area contributed by atoms with Crippen LogP contribution in [0, 0.1) is 0 Å². The minimum Gasteiger partial charge on any atom is -0.748 e. The molecular formula is C5H11NaO3S2. The van der Waals surface area contributed by atoms with Crippen LogP contribution in [-0.4, -0.2) is 14.9 Å². The second kappa shape index (κ2) is 6.77. The summed E-state index contributed by atoms with van der Waals surface area (Å²) in [4.78, 5) is 0. The average Bonchev–Trinajstić information content (AvgIpc) is 1.81. The Balaban J connectivity index is 0. The van der Waals surface area contributed by atoms with E-state index in [4.69, 9.17) is 0 Å². The molecule has 0 spiro atoms. The van der Waals surface area contributed by atoms with Crippen molar-refractivity contribution in [3.05, 3.63) is 0 Å². The number of hydrogen-bond acceptors (Lipinski definition) is 4. The topological polar surface area (TPSA) is 49.4 Å². The Morgan fingerprint density at radius 2 is 1.91 bits per heavy atom. The maximum atomic E-state index is 10.4. The summed E-state index contributed by atoms with van der Waals surface area (Å²) < 4.78 is 25.2. The van der Waals surface area contributed by atoms with Crippen molar-refractivity contribution in [2.24, 2.45) is 0 Å². The molecule has 3 nitrogen and oxygen atoms in total. The Morgan fingerprint density at radius 3 is 2.00 bits per heavy atom. The largest absolute Gasteiger partial charge is 1.00 e. The van der Waals surface area contributed by atoms with Gasteiger partial charge in [-0.2, -0.15) is 0 Å². The van der Waals surface area contributed by atoms with Gasteiger partial charge in [0.1, 0.15) is 0 Å². The first-order valence-corrected chi connectivity index (χ1v) is 5.47.